The van der Waals surface area contributed by atoms with Crippen molar-refractivity contribution in [1.82, 2.24) is 5.32 Å². The molecule has 0 bridgehead atoms. The van der Waals surface area contributed by atoms with Gasteiger partial charge in [-0.2, -0.15) is 0 Å². The van der Waals surface area contributed by atoms with Gasteiger partial charge in [0.05, 0.1) is 22.1 Å². The van der Waals surface area contributed by atoms with Crippen molar-refractivity contribution in [2.24, 2.45) is 0 Å². The number of para-hydroxylation sites is 2. The fraction of sp³-hybridized carbons (Fsp3) is 0.154. The molecule has 7 heteroatoms. The number of nitrogens with two attached hydrogens (primary N) is 1. The average Bonchev–Trinajstić information content (AvgIpc) is 2.75. The Morgan fingerprint density at radius 1 is 1.35 bits per heavy atom. The first-order chi connectivity index (χ1) is 9.58. The molecule has 1 aromatic carbocycles. The number of nitrogens with one attached hydrogen (secondary N) is 1. The van der Waals surface area contributed by atoms with Gasteiger partial charge in [-0.25, -0.2) is 0 Å². The van der Waals surface area contributed by atoms with E-state index in [1.807, 2.05) is 12.1 Å². The molecule has 0 unspecified atom stereocenters. The van der Waals surface area contributed by atoms with Gasteiger partial charge in [-0.15, -0.1) is 11.3 Å². The summed E-state index contributed by atoms with van der Waals surface area (Å²) in [5.41, 5.74) is 6.67. The van der Waals surface area contributed by atoms with Gasteiger partial charge >= 0.3 is 0 Å². The Morgan fingerprint density at radius 3 is 2.75 bits per heavy atom. The van der Waals surface area contributed by atoms with Crippen LogP contribution in [-0.2, 0) is 0 Å². The molecular weight excluding hydrogens is 319 g/mol. The van der Waals surface area contributed by atoms with Crippen molar-refractivity contribution in [3.05, 3.63) is 44.6 Å². The van der Waals surface area contributed by atoms with Crippen LogP contribution in [0.4, 0.5) is 5.69 Å². The summed E-state index contributed by atoms with van der Waals surface area (Å²) in [6.07, 6.45) is 0. The van der Waals surface area contributed by atoms with Crippen LogP contribution >= 0.6 is 34.5 Å². The largest absolute Gasteiger partial charge is 0.490 e. The maximum atomic E-state index is 11.8. The lowest BCUT2D eigenvalue weighted by Crippen LogP contribution is -2.28. The van der Waals surface area contributed by atoms with Gasteiger partial charge < -0.3 is 15.8 Å². The van der Waals surface area contributed by atoms with E-state index in [0.29, 0.717) is 38.8 Å². The van der Waals surface area contributed by atoms with Crippen molar-refractivity contribution in [2.45, 2.75) is 0 Å². The molecule has 20 heavy (non-hydrogen) atoms. The number of anilines is 1. The predicted molar refractivity (Wildman–Crippen MR) is 83.0 cm³/mol. The number of amides is 1. The second kappa shape index (κ2) is 6.83. The van der Waals surface area contributed by atoms with Crippen LogP contribution in [0.2, 0.25) is 8.67 Å². The Balaban J connectivity index is 1.80. The highest BCUT2D eigenvalue weighted by atomic mass is 35.5. The summed E-state index contributed by atoms with van der Waals surface area (Å²) in [7, 11) is 0. The number of rotatable bonds is 5. The number of hydrogen-bond acceptors (Lipinski definition) is 4. The first-order valence-electron chi connectivity index (χ1n) is 5.78. The lowest BCUT2D eigenvalue weighted by Gasteiger charge is -2.09. The van der Waals surface area contributed by atoms with Crippen molar-refractivity contribution in [1.29, 1.82) is 0 Å². The Morgan fingerprint density at radius 2 is 2.10 bits per heavy atom. The predicted octanol–water partition coefficient (Wildman–Crippen LogP) is 3.45. The minimum atomic E-state index is -0.275. The summed E-state index contributed by atoms with van der Waals surface area (Å²) >= 11 is 12.8. The second-order valence-electron chi connectivity index (χ2n) is 3.88. The molecule has 2 rings (SSSR count). The van der Waals surface area contributed by atoms with Gasteiger partial charge in [0.25, 0.3) is 5.91 Å². The third-order valence-corrected chi connectivity index (χ3v) is 3.95. The third-order valence-electron chi connectivity index (χ3n) is 2.47. The highest BCUT2D eigenvalue weighted by molar-refractivity contribution is 7.20. The Hall–Kier alpha value is -1.43. The average molecular weight is 331 g/mol. The normalized spacial score (nSPS) is 10.3. The molecule has 0 saturated heterocycles. The number of thiophene rings is 1. The van der Waals surface area contributed by atoms with E-state index < -0.39 is 0 Å². The van der Waals surface area contributed by atoms with Crippen molar-refractivity contribution < 1.29 is 9.53 Å². The lowest BCUT2D eigenvalue weighted by atomic mass is 10.3. The SMILES string of the molecule is Nc1ccccc1OCCNC(=O)c1cc(Cl)sc1Cl. The van der Waals surface area contributed by atoms with Crippen molar-refractivity contribution in [3.8, 4) is 5.75 Å². The quantitative estimate of drug-likeness (QED) is 0.651. The van der Waals surface area contributed by atoms with Gasteiger partial charge in [0.15, 0.2) is 0 Å². The molecule has 106 valence electrons. The second-order valence-corrected chi connectivity index (χ2v) is 6.17. The van der Waals surface area contributed by atoms with E-state index >= 15 is 0 Å². The van der Waals surface area contributed by atoms with Crippen LogP contribution in [0.15, 0.2) is 30.3 Å². The molecule has 0 atom stereocenters. The minimum absolute atomic E-state index is 0.275. The third kappa shape index (κ3) is 3.79. The van der Waals surface area contributed by atoms with Gasteiger partial charge in [0.2, 0.25) is 0 Å². The Labute approximate surface area is 130 Å². The van der Waals surface area contributed by atoms with Crippen LogP contribution in [0, 0.1) is 0 Å². The maximum Gasteiger partial charge on any atom is 0.253 e. The van der Waals surface area contributed by atoms with E-state index in [2.05, 4.69) is 5.32 Å². The molecule has 3 N–H and O–H groups in total. The zero-order chi connectivity index (χ0) is 14.5. The monoisotopic (exact) mass is 330 g/mol. The van der Waals surface area contributed by atoms with Crippen molar-refractivity contribution in [3.63, 3.8) is 0 Å². The summed E-state index contributed by atoms with van der Waals surface area (Å²) in [5, 5.41) is 2.70. The minimum Gasteiger partial charge on any atom is -0.490 e. The number of carbonyl (C=O) groups excluding carboxylic acids is 1. The Bertz CT molecular complexity index is 616. The first kappa shape index (κ1) is 15.0. The molecule has 2 aromatic rings. The van der Waals surface area contributed by atoms with E-state index in [4.69, 9.17) is 33.7 Å². The van der Waals surface area contributed by atoms with E-state index in [0.717, 1.165) is 11.3 Å². The summed E-state index contributed by atoms with van der Waals surface area (Å²) in [5.74, 6) is 0.321. The Kier molecular flexibility index (Phi) is 5.11. The molecule has 0 radical (unpaired) electrons. The molecule has 0 saturated carbocycles. The summed E-state index contributed by atoms with van der Waals surface area (Å²) in [6.45, 7) is 0.659. The number of hydrogen-bond donors (Lipinski definition) is 2. The van der Waals surface area contributed by atoms with Crippen LogP contribution in [0.5, 0.6) is 5.75 Å². The molecule has 4 nitrogen and oxygen atoms in total. The smallest absolute Gasteiger partial charge is 0.253 e. The lowest BCUT2D eigenvalue weighted by molar-refractivity contribution is 0.0947. The van der Waals surface area contributed by atoms with Crippen LogP contribution < -0.4 is 15.8 Å². The maximum absolute atomic E-state index is 11.8. The summed E-state index contributed by atoms with van der Waals surface area (Å²) < 4.78 is 6.32. The fourth-order valence-electron chi connectivity index (χ4n) is 1.53. The number of ether oxygens (including phenoxy) is 1. The molecule has 0 aliphatic heterocycles. The molecule has 1 amide bonds. The highest BCUT2D eigenvalue weighted by Gasteiger charge is 2.13. The molecular formula is C13H12Cl2N2O2S. The van der Waals surface area contributed by atoms with Crippen molar-refractivity contribution >= 4 is 46.1 Å². The number of halogens is 2. The first-order valence-corrected chi connectivity index (χ1v) is 7.35. The van der Waals surface area contributed by atoms with Gasteiger partial charge in [-0.05, 0) is 18.2 Å². The molecule has 0 aliphatic rings. The highest BCUT2D eigenvalue weighted by Crippen LogP contribution is 2.30. The standard InChI is InChI=1S/C13H12Cl2N2O2S/c14-11-7-8(12(15)20-11)13(18)17-5-6-19-10-4-2-1-3-9(10)16/h1-4,7H,5-6,16H2,(H,17,18). The summed E-state index contributed by atoms with van der Waals surface area (Å²) in [4.78, 5) is 11.8. The van der Waals surface area contributed by atoms with Crippen LogP contribution in [0.1, 0.15) is 10.4 Å². The number of nitrogen functional groups attached to an aromatic ring is 1. The number of carbonyl (C=O) groups is 1. The van der Waals surface area contributed by atoms with Gasteiger partial charge in [0.1, 0.15) is 16.7 Å². The molecule has 0 aliphatic carbocycles. The van der Waals surface area contributed by atoms with Gasteiger partial charge in [0, 0.05) is 0 Å². The van der Waals surface area contributed by atoms with Crippen LogP contribution in [0.3, 0.4) is 0 Å². The summed E-state index contributed by atoms with van der Waals surface area (Å²) in [6, 6.07) is 8.72. The fourth-order valence-corrected chi connectivity index (χ4v) is 2.99. The van der Waals surface area contributed by atoms with E-state index in [9.17, 15) is 4.79 Å². The van der Waals surface area contributed by atoms with Gasteiger partial charge in [-0.3, -0.25) is 4.79 Å². The topological polar surface area (TPSA) is 64.3 Å². The number of benzene rings is 1. The van der Waals surface area contributed by atoms with E-state index in [1.165, 1.54) is 0 Å². The molecule has 0 fully saturated rings. The zero-order valence-electron chi connectivity index (χ0n) is 10.4. The van der Waals surface area contributed by atoms with Gasteiger partial charge in [-0.1, -0.05) is 35.3 Å². The van der Waals surface area contributed by atoms with Crippen LogP contribution in [-0.4, -0.2) is 19.1 Å². The van der Waals surface area contributed by atoms with Crippen LogP contribution in [0.25, 0.3) is 0 Å². The molecule has 1 heterocycles. The zero-order valence-corrected chi connectivity index (χ0v) is 12.7. The van der Waals surface area contributed by atoms with E-state index in [1.54, 1.807) is 18.2 Å². The van der Waals surface area contributed by atoms with Crippen molar-refractivity contribution in [2.75, 3.05) is 18.9 Å². The molecule has 0 spiro atoms. The molecule has 1 aromatic heterocycles. The van der Waals surface area contributed by atoms with E-state index in [-0.39, 0.29) is 5.91 Å².